The molecule has 0 aromatic carbocycles. The predicted molar refractivity (Wildman–Crippen MR) is 104 cm³/mol. The van der Waals surface area contributed by atoms with E-state index in [1.54, 1.807) is 11.1 Å². The number of guanidine groups is 1. The van der Waals surface area contributed by atoms with Gasteiger partial charge in [-0.3, -0.25) is 9.78 Å². The van der Waals surface area contributed by atoms with Crippen LogP contribution in [0.15, 0.2) is 29.4 Å². The number of likely N-dealkylation sites (tertiary alicyclic amines) is 1. The number of pyridine rings is 1. The third-order valence-electron chi connectivity index (χ3n) is 5.71. The van der Waals surface area contributed by atoms with Gasteiger partial charge in [-0.25, -0.2) is 4.99 Å². The van der Waals surface area contributed by atoms with Gasteiger partial charge in [-0.2, -0.15) is 0 Å². The summed E-state index contributed by atoms with van der Waals surface area (Å²) in [5.41, 5.74) is 1.53. The van der Waals surface area contributed by atoms with Gasteiger partial charge in [0.2, 0.25) is 5.91 Å². The van der Waals surface area contributed by atoms with Crippen molar-refractivity contribution in [1.29, 1.82) is 0 Å². The Hall–Kier alpha value is -2.11. The van der Waals surface area contributed by atoms with Crippen molar-refractivity contribution in [3.8, 4) is 0 Å². The van der Waals surface area contributed by atoms with Gasteiger partial charge in [0.1, 0.15) is 6.54 Å². The summed E-state index contributed by atoms with van der Waals surface area (Å²) in [5.74, 6) is 0.941. The summed E-state index contributed by atoms with van der Waals surface area (Å²) in [4.78, 5) is 25.4. The Bertz CT molecular complexity index is 626. The van der Waals surface area contributed by atoms with E-state index in [4.69, 9.17) is 0 Å². The van der Waals surface area contributed by atoms with E-state index in [-0.39, 0.29) is 12.5 Å². The highest BCUT2D eigenvalue weighted by Gasteiger charge is 2.43. The number of rotatable bonds is 6. The van der Waals surface area contributed by atoms with Crippen LogP contribution in [0.5, 0.6) is 0 Å². The number of aromatic nitrogens is 1. The lowest BCUT2D eigenvalue weighted by Gasteiger charge is -2.38. The lowest BCUT2D eigenvalue weighted by atomic mass is 9.68. The molecule has 1 spiro atoms. The van der Waals surface area contributed by atoms with Gasteiger partial charge in [0, 0.05) is 51.5 Å². The SMILES string of the molecule is CCNC(=NCC(=O)N(C)CCc1ccccn1)N1CCC2(CCC2)C1. The Morgan fingerprint density at radius 2 is 2.23 bits per heavy atom. The van der Waals surface area contributed by atoms with Crippen LogP contribution in [0.2, 0.25) is 0 Å². The molecule has 1 aliphatic heterocycles. The van der Waals surface area contributed by atoms with E-state index in [0.29, 0.717) is 12.0 Å². The van der Waals surface area contributed by atoms with Crippen LogP contribution in [-0.4, -0.2) is 66.4 Å². The number of likely N-dealkylation sites (N-methyl/N-ethyl adjacent to an activating group) is 1. The van der Waals surface area contributed by atoms with E-state index in [0.717, 1.165) is 37.7 Å². The van der Waals surface area contributed by atoms with Crippen LogP contribution in [-0.2, 0) is 11.2 Å². The molecule has 0 unspecified atom stereocenters. The Morgan fingerprint density at radius 1 is 1.38 bits per heavy atom. The summed E-state index contributed by atoms with van der Waals surface area (Å²) in [6.45, 7) is 5.90. The number of carbonyl (C=O) groups is 1. The summed E-state index contributed by atoms with van der Waals surface area (Å²) < 4.78 is 0. The lowest BCUT2D eigenvalue weighted by molar-refractivity contribution is -0.128. The Kier molecular flexibility index (Phi) is 6.12. The van der Waals surface area contributed by atoms with E-state index in [9.17, 15) is 4.79 Å². The normalized spacial score (nSPS) is 18.7. The molecule has 6 heteroatoms. The average molecular weight is 358 g/mol. The molecule has 1 amide bonds. The standard InChI is InChI=1S/C20H31N5O/c1-3-21-19(25-14-11-20(16-25)9-6-10-20)23-15-18(26)24(2)13-8-17-7-4-5-12-22-17/h4-5,7,12H,3,6,8-11,13-16H2,1-2H3,(H,21,23). The van der Waals surface area contributed by atoms with E-state index >= 15 is 0 Å². The molecule has 1 aromatic rings. The zero-order valence-corrected chi connectivity index (χ0v) is 16.1. The van der Waals surface area contributed by atoms with Crippen LogP contribution in [0.4, 0.5) is 0 Å². The van der Waals surface area contributed by atoms with Gasteiger partial charge in [0.25, 0.3) is 0 Å². The Labute approximate surface area is 156 Å². The second-order valence-corrected chi connectivity index (χ2v) is 7.58. The topological polar surface area (TPSA) is 60.8 Å². The third kappa shape index (κ3) is 4.54. The monoisotopic (exact) mass is 357 g/mol. The summed E-state index contributed by atoms with van der Waals surface area (Å²) in [5, 5.41) is 3.36. The summed E-state index contributed by atoms with van der Waals surface area (Å²) in [7, 11) is 1.84. The van der Waals surface area contributed by atoms with Gasteiger partial charge in [-0.05, 0) is 43.7 Å². The molecule has 1 aliphatic carbocycles. The number of nitrogens with zero attached hydrogens (tertiary/aromatic N) is 4. The molecule has 0 bridgehead atoms. The number of aliphatic imine (C=N–C) groups is 1. The van der Waals surface area contributed by atoms with Crippen molar-refractivity contribution in [3.63, 3.8) is 0 Å². The molecule has 142 valence electrons. The van der Waals surface area contributed by atoms with Crippen molar-refractivity contribution in [3.05, 3.63) is 30.1 Å². The maximum Gasteiger partial charge on any atom is 0.244 e. The van der Waals surface area contributed by atoms with Gasteiger partial charge in [0.05, 0.1) is 0 Å². The van der Waals surface area contributed by atoms with Crippen molar-refractivity contribution in [2.24, 2.45) is 10.4 Å². The molecule has 2 aliphatic rings. The van der Waals surface area contributed by atoms with Gasteiger partial charge in [-0.1, -0.05) is 12.5 Å². The fraction of sp³-hybridized carbons (Fsp3) is 0.650. The Morgan fingerprint density at radius 3 is 2.85 bits per heavy atom. The maximum absolute atomic E-state index is 12.4. The fourth-order valence-corrected chi connectivity index (χ4v) is 3.84. The molecule has 1 saturated heterocycles. The van der Waals surface area contributed by atoms with E-state index in [1.807, 2.05) is 25.2 Å². The first kappa shape index (κ1) is 18.7. The molecule has 2 fully saturated rings. The van der Waals surface area contributed by atoms with Crippen LogP contribution >= 0.6 is 0 Å². The third-order valence-corrected chi connectivity index (χ3v) is 5.71. The number of hydrogen-bond acceptors (Lipinski definition) is 3. The van der Waals surface area contributed by atoms with E-state index < -0.39 is 0 Å². The minimum absolute atomic E-state index is 0.0499. The maximum atomic E-state index is 12.4. The highest BCUT2D eigenvalue weighted by molar-refractivity contribution is 5.85. The van der Waals surface area contributed by atoms with Gasteiger partial charge in [0.15, 0.2) is 5.96 Å². The molecule has 1 aromatic heterocycles. The van der Waals surface area contributed by atoms with Crippen LogP contribution in [0.1, 0.15) is 38.3 Å². The summed E-state index contributed by atoms with van der Waals surface area (Å²) >= 11 is 0. The van der Waals surface area contributed by atoms with Crippen LogP contribution < -0.4 is 5.32 Å². The minimum Gasteiger partial charge on any atom is -0.357 e. The zero-order chi connectivity index (χ0) is 18.4. The van der Waals surface area contributed by atoms with E-state index in [2.05, 4.69) is 27.1 Å². The quantitative estimate of drug-likeness (QED) is 0.624. The summed E-state index contributed by atoms with van der Waals surface area (Å²) in [6.07, 6.45) is 7.86. The molecule has 26 heavy (non-hydrogen) atoms. The van der Waals surface area contributed by atoms with Crippen LogP contribution in [0.25, 0.3) is 0 Å². The molecule has 2 heterocycles. The molecule has 1 saturated carbocycles. The molecule has 0 atom stereocenters. The second-order valence-electron chi connectivity index (χ2n) is 7.58. The van der Waals surface area contributed by atoms with Crippen LogP contribution in [0, 0.1) is 5.41 Å². The predicted octanol–water partition coefficient (Wildman–Crippen LogP) is 1.92. The zero-order valence-electron chi connectivity index (χ0n) is 16.1. The minimum atomic E-state index is 0.0499. The van der Waals surface area contributed by atoms with Gasteiger partial charge >= 0.3 is 0 Å². The van der Waals surface area contributed by atoms with Gasteiger partial charge < -0.3 is 15.1 Å². The van der Waals surface area contributed by atoms with Crippen molar-refractivity contribution in [1.82, 2.24) is 20.1 Å². The van der Waals surface area contributed by atoms with Crippen molar-refractivity contribution in [2.75, 3.05) is 39.8 Å². The highest BCUT2D eigenvalue weighted by atomic mass is 16.2. The lowest BCUT2D eigenvalue weighted by Crippen LogP contribution is -2.43. The first-order valence-corrected chi connectivity index (χ1v) is 9.79. The number of amides is 1. The number of nitrogens with one attached hydrogen (secondary N) is 1. The van der Waals surface area contributed by atoms with E-state index in [1.165, 1.54) is 25.7 Å². The molecule has 3 rings (SSSR count). The second kappa shape index (κ2) is 8.52. The molecule has 1 N–H and O–H groups in total. The smallest absolute Gasteiger partial charge is 0.244 e. The fourth-order valence-electron chi connectivity index (χ4n) is 3.84. The summed E-state index contributed by atoms with van der Waals surface area (Å²) in [6, 6.07) is 5.87. The van der Waals surface area contributed by atoms with Crippen molar-refractivity contribution in [2.45, 2.75) is 39.0 Å². The molecule has 6 nitrogen and oxygen atoms in total. The van der Waals surface area contributed by atoms with Crippen molar-refractivity contribution >= 4 is 11.9 Å². The molecular formula is C20H31N5O. The molecule has 0 radical (unpaired) electrons. The number of hydrogen-bond donors (Lipinski definition) is 1. The van der Waals surface area contributed by atoms with Gasteiger partial charge in [-0.15, -0.1) is 0 Å². The largest absolute Gasteiger partial charge is 0.357 e. The molecular weight excluding hydrogens is 326 g/mol. The van der Waals surface area contributed by atoms with Crippen molar-refractivity contribution < 1.29 is 4.79 Å². The Balaban J connectivity index is 1.50. The first-order chi connectivity index (χ1) is 12.6. The average Bonchev–Trinajstić information content (AvgIpc) is 3.10. The highest BCUT2D eigenvalue weighted by Crippen LogP contribution is 2.47. The number of carbonyl (C=O) groups excluding carboxylic acids is 1. The van der Waals surface area contributed by atoms with Crippen LogP contribution in [0.3, 0.4) is 0 Å². The first-order valence-electron chi connectivity index (χ1n) is 9.79.